The summed E-state index contributed by atoms with van der Waals surface area (Å²) in [4.78, 5) is 15.3. The number of aryl methyl sites for hydroxylation is 1. The van der Waals surface area contributed by atoms with Crippen molar-refractivity contribution in [1.29, 1.82) is 0 Å². The number of anilines is 1. The van der Waals surface area contributed by atoms with Crippen LogP contribution in [0.4, 0.5) is 5.69 Å². The molecule has 0 aliphatic rings. The fourth-order valence-electron chi connectivity index (χ4n) is 5.55. The average molecular weight is 864 g/mol. The summed E-state index contributed by atoms with van der Waals surface area (Å²) in [6.07, 6.45) is 0.648. The summed E-state index contributed by atoms with van der Waals surface area (Å²) in [6, 6.07) is 41.6. The zero-order valence-electron chi connectivity index (χ0n) is 24.5. The van der Waals surface area contributed by atoms with Gasteiger partial charge in [0.2, 0.25) is 0 Å². The van der Waals surface area contributed by atoms with Gasteiger partial charge < -0.3 is 4.98 Å². The summed E-state index contributed by atoms with van der Waals surface area (Å²) in [5, 5.41) is 5.88. The molecule has 0 atom stereocenters. The molecule has 9 heteroatoms. The largest absolute Gasteiger partial charge is 0.359 e. The van der Waals surface area contributed by atoms with Crippen LogP contribution in [0.2, 0.25) is 10.0 Å². The van der Waals surface area contributed by atoms with E-state index in [4.69, 9.17) is 23.2 Å². The fraction of sp³-hybridized carbons (Fsp3) is 0.108. The van der Waals surface area contributed by atoms with Gasteiger partial charge in [-0.2, -0.15) is 0 Å². The smallest absolute Gasteiger partial charge is 0.0569 e. The predicted molar refractivity (Wildman–Crippen MR) is 214 cm³/mol. The second-order valence-electron chi connectivity index (χ2n) is 10.8. The Bertz CT molecular complexity index is 1830. The van der Waals surface area contributed by atoms with Crippen molar-refractivity contribution in [2.75, 3.05) is 5.32 Å². The molecule has 0 saturated heterocycles. The van der Waals surface area contributed by atoms with Crippen LogP contribution < -0.4 is 21.2 Å². The molecule has 6 aromatic rings. The molecule has 0 radical (unpaired) electrons. The van der Waals surface area contributed by atoms with Crippen molar-refractivity contribution >= 4 is 114 Å². The van der Waals surface area contributed by atoms with Crippen LogP contribution in [0, 0.1) is 6.92 Å². The van der Waals surface area contributed by atoms with Crippen LogP contribution in [-0.4, -0.2) is 10.9 Å². The standard InChI is InChI=1S/C27H23Br2ClNOP.C9H7BrClN.CH4/c1-20(32)31-27-18-26(30)25(28)17-21(27)19-33(29,22-11-5-2-6-12-22,23-13-7-3-8-14-23)24-15-9-4-10-16-24;1-5-2-6-3-7(10)8(11)4-9(6)12-5;/h2-18H,19H2,1H3,(H,31,32);2-4,12H,1H3;1H4. The fourth-order valence-corrected chi connectivity index (χ4v) is 14.3. The molecule has 6 rings (SSSR count). The second-order valence-corrected chi connectivity index (χ2v) is 22.2. The van der Waals surface area contributed by atoms with E-state index in [1.807, 2.05) is 49.4 Å². The van der Waals surface area contributed by atoms with Crippen LogP contribution in [0.1, 0.15) is 25.6 Å². The van der Waals surface area contributed by atoms with Gasteiger partial charge in [0.05, 0.1) is 5.02 Å². The van der Waals surface area contributed by atoms with Crippen LogP contribution in [0.15, 0.2) is 130 Å². The summed E-state index contributed by atoms with van der Waals surface area (Å²) in [5.41, 5.74) is 3.94. The maximum Gasteiger partial charge on any atom is 0.0569 e. The number of hydrogen-bond acceptors (Lipinski definition) is 1. The van der Waals surface area contributed by atoms with E-state index in [9.17, 15) is 4.79 Å². The monoisotopic (exact) mass is 860 g/mol. The molecule has 0 aliphatic heterocycles. The third kappa shape index (κ3) is 7.49. The van der Waals surface area contributed by atoms with Crippen molar-refractivity contribution in [3.63, 3.8) is 0 Å². The molecule has 5 aromatic carbocycles. The molecule has 1 aromatic heterocycles. The number of carbonyl (C=O) groups excluding carboxylic acids is 1. The van der Waals surface area contributed by atoms with Gasteiger partial charge in [-0.1, -0.05) is 19.0 Å². The van der Waals surface area contributed by atoms with Gasteiger partial charge in [0.25, 0.3) is 0 Å². The third-order valence-electron chi connectivity index (χ3n) is 7.60. The predicted octanol–water partition coefficient (Wildman–Crippen LogP) is 11.9. The van der Waals surface area contributed by atoms with E-state index in [2.05, 4.69) is 137 Å². The van der Waals surface area contributed by atoms with Crippen molar-refractivity contribution in [3.05, 3.63) is 152 Å². The molecule has 2 N–H and O–H groups in total. The van der Waals surface area contributed by atoms with E-state index < -0.39 is 5.31 Å². The number of nitrogens with one attached hydrogen (secondary N) is 2. The van der Waals surface area contributed by atoms with Crippen molar-refractivity contribution in [3.8, 4) is 0 Å². The van der Waals surface area contributed by atoms with Gasteiger partial charge in [-0.25, -0.2) is 0 Å². The number of hydrogen-bond donors (Lipinski definition) is 2. The Morgan fingerprint density at radius 1 is 0.739 bits per heavy atom. The summed E-state index contributed by atoms with van der Waals surface area (Å²) < 4.78 is 1.73. The van der Waals surface area contributed by atoms with Crippen LogP contribution in [0.3, 0.4) is 0 Å². The number of rotatable bonds is 6. The number of H-pyrrole nitrogens is 1. The van der Waals surface area contributed by atoms with Crippen molar-refractivity contribution in [2.45, 2.75) is 27.4 Å². The van der Waals surface area contributed by atoms with Crippen molar-refractivity contribution in [2.24, 2.45) is 0 Å². The number of amides is 1. The topological polar surface area (TPSA) is 44.9 Å². The van der Waals surface area contributed by atoms with Gasteiger partial charge in [0.15, 0.2) is 0 Å². The molecule has 0 spiro atoms. The van der Waals surface area contributed by atoms with Gasteiger partial charge in [-0.15, -0.1) is 0 Å². The molecular weight excluding hydrogens is 830 g/mol. The molecule has 3 nitrogen and oxygen atoms in total. The summed E-state index contributed by atoms with van der Waals surface area (Å²) in [6.45, 7) is 3.54. The van der Waals surface area contributed by atoms with Gasteiger partial charge >= 0.3 is 217 Å². The van der Waals surface area contributed by atoms with Gasteiger partial charge in [0.1, 0.15) is 0 Å². The molecule has 1 amide bonds. The summed E-state index contributed by atoms with van der Waals surface area (Å²) in [7, 11) is 0. The van der Waals surface area contributed by atoms with Gasteiger partial charge in [-0.3, -0.25) is 0 Å². The quantitative estimate of drug-likeness (QED) is 0.161. The van der Waals surface area contributed by atoms with Crippen LogP contribution in [0.25, 0.3) is 10.9 Å². The number of aromatic amines is 1. The zero-order chi connectivity index (χ0) is 32.2. The van der Waals surface area contributed by atoms with Gasteiger partial charge in [0, 0.05) is 21.1 Å². The molecule has 0 unspecified atom stereocenters. The summed E-state index contributed by atoms with van der Waals surface area (Å²) in [5.74, 6) is -0.135. The second kappa shape index (κ2) is 15.2. The molecule has 46 heavy (non-hydrogen) atoms. The molecule has 1 heterocycles. The Morgan fingerprint density at radius 2 is 1.20 bits per heavy atom. The minimum Gasteiger partial charge on any atom is -0.359 e. The Labute approximate surface area is 306 Å². The van der Waals surface area contributed by atoms with E-state index in [1.165, 1.54) is 28.2 Å². The first kappa shape index (κ1) is 36.4. The molecular formula is C37H34Br3Cl2N2OP. The number of benzene rings is 5. The Kier molecular flexibility index (Phi) is 12.0. The van der Waals surface area contributed by atoms with Crippen molar-refractivity contribution in [1.82, 2.24) is 4.98 Å². The first-order valence-electron chi connectivity index (χ1n) is 14.1. The Morgan fingerprint density at radius 3 is 1.67 bits per heavy atom. The minimum atomic E-state index is -3.21. The number of halogens is 5. The normalized spacial score (nSPS) is 11.8. The zero-order valence-corrected chi connectivity index (χ0v) is 31.7. The molecule has 0 fully saturated rings. The average Bonchev–Trinajstić information content (AvgIpc) is 3.39. The van der Waals surface area contributed by atoms with Crippen LogP contribution in [0.5, 0.6) is 0 Å². The van der Waals surface area contributed by atoms with E-state index in [-0.39, 0.29) is 13.3 Å². The van der Waals surface area contributed by atoms with E-state index in [0.29, 0.717) is 16.9 Å². The Balaban J connectivity index is 0.000000309. The summed E-state index contributed by atoms with van der Waals surface area (Å²) >= 11 is 23.8. The first-order valence-corrected chi connectivity index (χ1v) is 20.9. The Hall–Kier alpha value is -2.44. The number of carbonyl (C=O) groups is 1. The SMILES string of the molecule is C.CC(=O)Nc1cc(Cl)c(Br)cc1CP(Br)(c1ccccc1)(c1ccccc1)c1ccccc1.Cc1cc2cc(Br)c(Cl)cc2[nH]1. The van der Waals surface area contributed by atoms with Crippen LogP contribution >= 0.6 is 75.9 Å². The van der Waals surface area contributed by atoms with Crippen molar-refractivity contribution < 1.29 is 4.79 Å². The molecule has 0 bridgehead atoms. The van der Waals surface area contributed by atoms with E-state index >= 15 is 0 Å². The number of fused-ring (bicyclic) bond motifs is 1. The van der Waals surface area contributed by atoms with Crippen LogP contribution in [-0.2, 0) is 11.0 Å². The third-order valence-corrected chi connectivity index (χ3v) is 19.5. The molecule has 0 aliphatic carbocycles. The first-order chi connectivity index (χ1) is 21.5. The molecule has 0 saturated carbocycles. The number of aromatic nitrogens is 1. The maximum atomic E-state index is 12.1. The minimum absolute atomic E-state index is 0. The van der Waals surface area contributed by atoms with Gasteiger partial charge in [-0.05, 0) is 41.1 Å². The maximum absolute atomic E-state index is 12.1. The molecule has 238 valence electrons. The van der Waals surface area contributed by atoms with E-state index in [0.717, 1.165) is 30.7 Å². The van der Waals surface area contributed by atoms with E-state index in [1.54, 1.807) is 0 Å².